The molecule has 0 aliphatic heterocycles. The molecule has 0 radical (unpaired) electrons. The van der Waals surface area contributed by atoms with Crippen LogP contribution in [0.1, 0.15) is 52.4 Å². The fourth-order valence-corrected chi connectivity index (χ4v) is 1.45. The van der Waals surface area contributed by atoms with Crippen LogP contribution < -0.4 is 0 Å². The van der Waals surface area contributed by atoms with Crippen LogP contribution in [0, 0.1) is 5.92 Å². The van der Waals surface area contributed by atoms with Gasteiger partial charge in [-0.3, -0.25) is 9.59 Å². The van der Waals surface area contributed by atoms with Gasteiger partial charge < -0.3 is 9.84 Å². The zero-order valence-electron chi connectivity index (χ0n) is 10.2. The van der Waals surface area contributed by atoms with Crippen LogP contribution in [0.25, 0.3) is 0 Å². The maximum Gasteiger partial charge on any atom is 0.306 e. The quantitative estimate of drug-likeness (QED) is 0.488. The first kappa shape index (κ1) is 14.9. The average Bonchev–Trinajstić information content (AvgIpc) is 2.25. The summed E-state index contributed by atoms with van der Waals surface area (Å²) in [5, 5.41) is 8.81. The molecule has 0 aromatic heterocycles. The van der Waals surface area contributed by atoms with Crippen molar-refractivity contribution in [3.05, 3.63) is 0 Å². The first-order valence-corrected chi connectivity index (χ1v) is 6.00. The average molecular weight is 230 g/mol. The summed E-state index contributed by atoms with van der Waals surface area (Å²) >= 11 is 0. The monoisotopic (exact) mass is 230 g/mol. The van der Waals surface area contributed by atoms with Crippen LogP contribution in [0.2, 0.25) is 0 Å². The number of rotatable bonds is 9. The van der Waals surface area contributed by atoms with Crippen molar-refractivity contribution in [3.8, 4) is 0 Å². The summed E-state index contributed by atoms with van der Waals surface area (Å²) in [5.41, 5.74) is 0. The van der Waals surface area contributed by atoms with Gasteiger partial charge in [-0.1, -0.05) is 20.3 Å². The molecule has 0 aromatic rings. The summed E-state index contributed by atoms with van der Waals surface area (Å²) in [6.07, 6.45) is 4.01. The second kappa shape index (κ2) is 9.19. The first-order chi connectivity index (χ1) is 7.61. The number of hydrogen-bond donors (Lipinski definition) is 1. The molecule has 0 heterocycles. The van der Waals surface area contributed by atoms with Gasteiger partial charge in [-0.15, -0.1) is 0 Å². The van der Waals surface area contributed by atoms with Gasteiger partial charge in [0.2, 0.25) is 0 Å². The van der Waals surface area contributed by atoms with Crippen molar-refractivity contribution in [3.63, 3.8) is 0 Å². The Morgan fingerprint density at radius 3 is 2.44 bits per heavy atom. The SMILES string of the molecule is CCCOC(=O)CCCCC(CC)C(=O)O. The van der Waals surface area contributed by atoms with E-state index < -0.39 is 5.97 Å². The van der Waals surface area contributed by atoms with Crippen LogP contribution in [0.4, 0.5) is 0 Å². The van der Waals surface area contributed by atoms with Crippen molar-refractivity contribution in [2.45, 2.75) is 52.4 Å². The number of aliphatic carboxylic acids is 1. The summed E-state index contributed by atoms with van der Waals surface area (Å²) in [6.45, 7) is 4.30. The maximum atomic E-state index is 11.1. The number of esters is 1. The third kappa shape index (κ3) is 7.26. The second-order valence-corrected chi connectivity index (χ2v) is 3.91. The summed E-state index contributed by atoms with van der Waals surface area (Å²) in [4.78, 5) is 21.8. The lowest BCUT2D eigenvalue weighted by Gasteiger charge is -2.08. The lowest BCUT2D eigenvalue weighted by atomic mass is 9.99. The first-order valence-electron chi connectivity index (χ1n) is 6.00. The van der Waals surface area contributed by atoms with E-state index in [1.807, 2.05) is 13.8 Å². The Kier molecular flexibility index (Phi) is 8.58. The highest BCUT2D eigenvalue weighted by Gasteiger charge is 2.14. The second-order valence-electron chi connectivity index (χ2n) is 3.91. The van der Waals surface area contributed by atoms with E-state index in [-0.39, 0.29) is 11.9 Å². The number of carbonyl (C=O) groups excluding carboxylic acids is 1. The molecule has 0 bridgehead atoms. The lowest BCUT2D eigenvalue weighted by molar-refractivity contribution is -0.143. The summed E-state index contributed by atoms with van der Waals surface area (Å²) < 4.78 is 4.92. The molecule has 0 aliphatic carbocycles. The molecule has 0 saturated heterocycles. The molecule has 4 heteroatoms. The standard InChI is InChI=1S/C12H22O4/c1-3-9-16-11(13)8-6-5-7-10(4-2)12(14)15/h10H,3-9H2,1-2H3,(H,14,15). The molecule has 16 heavy (non-hydrogen) atoms. The van der Waals surface area contributed by atoms with Crippen LogP contribution in [0.15, 0.2) is 0 Å². The summed E-state index contributed by atoms with van der Waals surface area (Å²) in [5.74, 6) is -1.19. The Morgan fingerprint density at radius 2 is 1.94 bits per heavy atom. The molecule has 1 N–H and O–H groups in total. The fraction of sp³-hybridized carbons (Fsp3) is 0.833. The number of ether oxygens (including phenoxy) is 1. The Labute approximate surface area is 97.0 Å². The van der Waals surface area contributed by atoms with Gasteiger partial charge in [0.15, 0.2) is 0 Å². The van der Waals surface area contributed by atoms with E-state index in [9.17, 15) is 9.59 Å². The Bertz CT molecular complexity index is 213. The third-order valence-corrected chi connectivity index (χ3v) is 2.49. The van der Waals surface area contributed by atoms with Crippen molar-refractivity contribution >= 4 is 11.9 Å². The van der Waals surface area contributed by atoms with Crippen LogP contribution in [-0.4, -0.2) is 23.7 Å². The van der Waals surface area contributed by atoms with Gasteiger partial charge >= 0.3 is 11.9 Å². The minimum absolute atomic E-state index is 0.176. The third-order valence-electron chi connectivity index (χ3n) is 2.49. The predicted octanol–water partition coefficient (Wildman–Crippen LogP) is 2.61. The van der Waals surface area contributed by atoms with Gasteiger partial charge in [0.25, 0.3) is 0 Å². The molecular weight excluding hydrogens is 208 g/mol. The topological polar surface area (TPSA) is 63.6 Å². The van der Waals surface area contributed by atoms with E-state index in [1.165, 1.54) is 0 Å². The van der Waals surface area contributed by atoms with Gasteiger partial charge in [0.1, 0.15) is 0 Å². The molecule has 0 rings (SSSR count). The van der Waals surface area contributed by atoms with Crippen molar-refractivity contribution < 1.29 is 19.4 Å². The largest absolute Gasteiger partial charge is 0.481 e. The molecular formula is C12H22O4. The Morgan fingerprint density at radius 1 is 1.25 bits per heavy atom. The smallest absolute Gasteiger partial charge is 0.306 e. The van der Waals surface area contributed by atoms with Crippen LogP contribution >= 0.6 is 0 Å². The normalized spacial score (nSPS) is 12.1. The molecule has 1 unspecified atom stereocenters. The zero-order chi connectivity index (χ0) is 12.4. The Hall–Kier alpha value is -1.06. The van der Waals surface area contributed by atoms with Crippen LogP contribution in [-0.2, 0) is 14.3 Å². The molecule has 94 valence electrons. The molecule has 0 aliphatic rings. The van der Waals surface area contributed by atoms with E-state index in [2.05, 4.69) is 0 Å². The van der Waals surface area contributed by atoms with Crippen LogP contribution in [0.3, 0.4) is 0 Å². The summed E-state index contributed by atoms with van der Waals surface area (Å²) in [7, 11) is 0. The number of carbonyl (C=O) groups is 2. The van der Waals surface area contributed by atoms with Crippen LogP contribution in [0.5, 0.6) is 0 Å². The van der Waals surface area contributed by atoms with E-state index in [0.717, 1.165) is 12.8 Å². The molecule has 1 atom stereocenters. The number of unbranched alkanes of at least 4 members (excludes halogenated alkanes) is 1. The van der Waals surface area contributed by atoms with Gasteiger partial charge in [0.05, 0.1) is 12.5 Å². The van der Waals surface area contributed by atoms with Crippen molar-refractivity contribution in [2.24, 2.45) is 5.92 Å². The van der Waals surface area contributed by atoms with E-state index in [1.54, 1.807) is 0 Å². The molecule has 0 fully saturated rings. The fourth-order valence-electron chi connectivity index (χ4n) is 1.45. The lowest BCUT2D eigenvalue weighted by Crippen LogP contribution is -2.12. The highest BCUT2D eigenvalue weighted by molar-refractivity contribution is 5.70. The van der Waals surface area contributed by atoms with Gasteiger partial charge in [0, 0.05) is 6.42 Å². The zero-order valence-corrected chi connectivity index (χ0v) is 10.2. The van der Waals surface area contributed by atoms with E-state index in [4.69, 9.17) is 9.84 Å². The minimum atomic E-state index is -0.740. The van der Waals surface area contributed by atoms with Crippen molar-refractivity contribution in [1.82, 2.24) is 0 Å². The number of carboxylic acid groups (broad SMARTS) is 1. The van der Waals surface area contributed by atoms with Gasteiger partial charge in [-0.25, -0.2) is 0 Å². The predicted molar refractivity (Wildman–Crippen MR) is 61.1 cm³/mol. The van der Waals surface area contributed by atoms with E-state index in [0.29, 0.717) is 32.3 Å². The minimum Gasteiger partial charge on any atom is -0.481 e. The Balaban J connectivity index is 3.51. The van der Waals surface area contributed by atoms with Crippen molar-refractivity contribution in [1.29, 1.82) is 0 Å². The molecule has 0 saturated carbocycles. The highest BCUT2D eigenvalue weighted by Crippen LogP contribution is 2.13. The molecule has 0 aromatic carbocycles. The number of carboxylic acids is 1. The van der Waals surface area contributed by atoms with Gasteiger partial charge in [-0.05, 0) is 25.7 Å². The highest BCUT2D eigenvalue weighted by atomic mass is 16.5. The molecule has 4 nitrogen and oxygen atoms in total. The number of hydrogen-bond acceptors (Lipinski definition) is 3. The molecule has 0 spiro atoms. The van der Waals surface area contributed by atoms with Gasteiger partial charge in [-0.2, -0.15) is 0 Å². The van der Waals surface area contributed by atoms with E-state index >= 15 is 0 Å². The van der Waals surface area contributed by atoms with Crippen molar-refractivity contribution in [2.75, 3.05) is 6.61 Å². The summed E-state index contributed by atoms with van der Waals surface area (Å²) in [6, 6.07) is 0. The molecule has 0 amide bonds. The maximum absolute atomic E-state index is 11.1.